The summed E-state index contributed by atoms with van der Waals surface area (Å²) in [6, 6.07) is 16.8. The minimum Gasteiger partial charge on any atom is -0.323 e. The topological polar surface area (TPSA) is 67.2 Å². The van der Waals surface area contributed by atoms with Gasteiger partial charge in [0.1, 0.15) is 5.82 Å². The van der Waals surface area contributed by atoms with E-state index in [0.29, 0.717) is 36.4 Å². The zero-order chi connectivity index (χ0) is 19.2. The molecule has 0 fully saturated rings. The van der Waals surface area contributed by atoms with Gasteiger partial charge in [0.05, 0.1) is 10.9 Å². The Morgan fingerprint density at radius 2 is 1.85 bits per heavy atom. The Morgan fingerprint density at radius 3 is 2.59 bits per heavy atom. The molecule has 7 heteroatoms. The first-order chi connectivity index (χ1) is 13.1. The van der Waals surface area contributed by atoms with E-state index in [-0.39, 0.29) is 11.6 Å². The lowest BCUT2D eigenvalue weighted by atomic mass is 10.2. The van der Waals surface area contributed by atoms with Crippen LogP contribution in [-0.2, 0) is 6.54 Å². The molecule has 0 saturated heterocycles. The van der Waals surface area contributed by atoms with Crippen molar-refractivity contribution < 1.29 is 4.79 Å². The lowest BCUT2D eigenvalue weighted by Crippen LogP contribution is -2.40. The maximum absolute atomic E-state index is 12.7. The van der Waals surface area contributed by atoms with Gasteiger partial charge >= 0.3 is 6.03 Å². The molecule has 0 saturated carbocycles. The third kappa shape index (κ3) is 4.49. The standard InChI is InChI=1S/C20H22N4O2S/c1-3-23(20(26)22-27-16-9-5-4-6-10-16)13-14-24-15(2)21-18-12-8-7-11-17(18)19(24)25/h4-12H,3,13-14H2,1-2H3,(H,22,26). The number of para-hydroxylation sites is 1. The van der Waals surface area contributed by atoms with Crippen molar-refractivity contribution in [2.45, 2.75) is 25.3 Å². The van der Waals surface area contributed by atoms with E-state index in [0.717, 1.165) is 4.90 Å². The summed E-state index contributed by atoms with van der Waals surface area (Å²) >= 11 is 1.28. The Hall–Kier alpha value is -2.80. The molecule has 0 atom stereocenters. The van der Waals surface area contributed by atoms with Crippen LogP contribution in [0, 0.1) is 6.92 Å². The first kappa shape index (κ1) is 19.0. The number of fused-ring (bicyclic) bond motifs is 1. The predicted octanol–water partition coefficient (Wildman–Crippen LogP) is 3.44. The monoisotopic (exact) mass is 382 g/mol. The molecule has 2 aromatic carbocycles. The summed E-state index contributed by atoms with van der Waals surface area (Å²) < 4.78 is 4.47. The molecule has 1 N–H and O–H groups in total. The van der Waals surface area contributed by atoms with Gasteiger partial charge in [0.25, 0.3) is 5.56 Å². The fraction of sp³-hybridized carbons (Fsp3) is 0.250. The second kappa shape index (κ2) is 8.73. The number of carbonyl (C=O) groups is 1. The first-order valence-electron chi connectivity index (χ1n) is 8.83. The van der Waals surface area contributed by atoms with Gasteiger partial charge < -0.3 is 4.90 Å². The summed E-state index contributed by atoms with van der Waals surface area (Å²) in [5.41, 5.74) is 0.619. The van der Waals surface area contributed by atoms with E-state index in [1.165, 1.54) is 11.9 Å². The van der Waals surface area contributed by atoms with Crippen LogP contribution in [0.4, 0.5) is 4.79 Å². The molecule has 0 aliphatic carbocycles. The molecule has 3 aromatic rings. The molecule has 0 unspecified atom stereocenters. The van der Waals surface area contributed by atoms with Crippen LogP contribution >= 0.6 is 11.9 Å². The van der Waals surface area contributed by atoms with Crippen molar-refractivity contribution in [3.8, 4) is 0 Å². The van der Waals surface area contributed by atoms with Crippen LogP contribution in [-0.4, -0.2) is 33.6 Å². The Bertz CT molecular complexity index is 988. The highest BCUT2D eigenvalue weighted by Gasteiger charge is 2.14. The SMILES string of the molecule is CCN(CCn1c(C)nc2ccccc2c1=O)C(=O)NSc1ccccc1. The number of carbonyl (C=O) groups excluding carboxylic acids is 1. The number of benzene rings is 2. The summed E-state index contributed by atoms with van der Waals surface area (Å²) in [6.45, 7) is 5.12. The van der Waals surface area contributed by atoms with E-state index in [1.54, 1.807) is 15.5 Å². The number of aryl methyl sites for hydroxylation is 1. The van der Waals surface area contributed by atoms with E-state index >= 15 is 0 Å². The summed E-state index contributed by atoms with van der Waals surface area (Å²) in [5, 5.41) is 0.593. The number of hydrogen-bond acceptors (Lipinski definition) is 4. The summed E-state index contributed by atoms with van der Waals surface area (Å²) in [5.74, 6) is 0.647. The number of nitrogens with zero attached hydrogens (tertiary/aromatic N) is 3. The number of aromatic nitrogens is 2. The quantitative estimate of drug-likeness (QED) is 0.663. The molecule has 1 aromatic heterocycles. The second-order valence-corrected chi connectivity index (χ2v) is 6.91. The molecule has 0 bridgehead atoms. The van der Waals surface area contributed by atoms with Crippen molar-refractivity contribution >= 4 is 28.9 Å². The Balaban J connectivity index is 1.68. The zero-order valence-electron chi connectivity index (χ0n) is 15.4. The lowest BCUT2D eigenvalue weighted by Gasteiger charge is -2.22. The zero-order valence-corrected chi connectivity index (χ0v) is 16.2. The van der Waals surface area contributed by atoms with Gasteiger partial charge in [0, 0.05) is 24.5 Å². The van der Waals surface area contributed by atoms with E-state index < -0.39 is 0 Å². The van der Waals surface area contributed by atoms with Gasteiger partial charge in [-0.25, -0.2) is 9.78 Å². The lowest BCUT2D eigenvalue weighted by molar-refractivity contribution is 0.204. The molecule has 0 aliphatic heterocycles. The van der Waals surface area contributed by atoms with Crippen molar-refractivity contribution in [2.75, 3.05) is 13.1 Å². The maximum Gasteiger partial charge on any atom is 0.327 e. The highest BCUT2D eigenvalue weighted by molar-refractivity contribution is 7.98. The smallest absolute Gasteiger partial charge is 0.323 e. The van der Waals surface area contributed by atoms with Gasteiger partial charge in [0.2, 0.25) is 0 Å². The van der Waals surface area contributed by atoms with Crippen LogP contribution in [0.1, 0.15) is 12.7 Å². The number of amides is 2. The third-order valence-electron chi connectivity index (χ3n) is 4.31. The third-order valence-corrected chi connectivity index (χ3v) is 5.10. The average Bonchev–Trinajstić information content (AvgIpc) is 2.69. The number of urea groups is 1. The van der Waals surface area contributed by atoms with Gasteiger partial charge in [0.15, 0.2) is 0 Å². The van der Waals surface area contributed by atoms with E-state index in [4.69, 9.17) is 0 Å². The highest BCUT2D eigenvalue weighted by atomic mass is 32.2. The molecule has 27 heavy (non-hydrogen) atoms. The molecule has 3 rings (SSSR count). The molecule has 1 heterocycles. The fourth-order valence-corrected chi connectivity index (χ4v) is 3.45. The van der Waals surface area contributed by atoms with E-state index in [1.807, 2.05) is 62.4 Å². The van der Waals surface area contributed by atoms with Crippen molar-refractivity contribution in [2.24, 2.45) is 0 Å². The molecular weight excluding hydrogens is 360 g/mol. The van der Waals surface area contributed by atoms with Crippen LogP contribution in [0.3, 0.4) is 0 Å². The van der Waals surface area contributed by atoms with Gasteiger partial charge in [-0.05, 0) is 50.1 Å². The minimum atomic E-state index is -0.175. The van der Waals surface area contributed by atoms with Crippen LogP contribution in [0.25, 0.3) is 10.9 Å². The summed E-state index contributed by atoms with van der Waals surface area (Å²) in [7, 11) is 0. The van der Waals surface area contributed by atoms with Gasteiger partial charge in [-0.3, -0.25) is 14.1 Å². The minimum absolute atomic E-state index is 0.0757. The number of nitrogens with one attached hydrogen (secondary N) is 1. The van der Waals surface area contributed by atoms with E-state index in [2.05, 4.69) is 9.71 Å². The van der Waals surface area contributed by atoms with E-state index in [9.17, 15) is 9.59 Å². The molecule has 0 spiro atoms. The average molecular weight is 382 g/mol. The highest BCUT2D eigenvalue weighted by Crippen LogP contribution is 2.13. The van der Waals surface area contributed by atoms with Crippen molar-refractivity contribution in [3.63, 3.8) is 0 Å². The van der Waals surface area contributed by atoms with Crippen LogP contribution in [0.5, 0.6) is 0 Å². The van der Waals surface area contributed by atoms with Crippen molar-refractivity contribution in [1.29, 1.82) is 0 Å². The fourth-order valence-electron chi connectivity index (χ4n) is 2.82. The van der Waals surface area contributed by atoms with Gasteiger partial charge in [-0.1, -0.05) is 30.3 Å². The van der Waals surface area contributed by atoms with Crippen molar-refractivity contribution in [3.05, 3.63) is 70.8 Å². The molecular formula is C20H22N4O2S. The summed E-state index contributed by atoms with van der Waals surface area (Å²) in [6.07, 6.45) is 0. The van der Waals surface area contributed by atoms with Gasteiger partial charge in [-0.2, -0.15) is 0 Å². The Kier molecular flexibility index (Phi) is 6.13. The Morgan fingerprint density at radius 1 is 1.15 bits per heavy atom. The molecule has 2 amide bonds. The molecule has 6 nitrogen and oxygen atoms in total. The Labute approximate surface area is 162 Å². The number of rotatable bonds is 6. The van der Waals surface area contributed by atoms with Crippen molar-refractivity contribution in [1.82, 2.24) is 19.2 Å². The predicted molar refractivity (Wildman–Crippen MR) is 109 cm³/mol. The summed E-state index contributed by atoms with van der Waals surface area (Å²) in [4.78, 5) is 32.3. The van der Waals surface area contributed by atoms with Crippen LogP contribution in [0.15, 0.2) is 64.3 Å². The van der Waals surface area contributed by atoms with Crippen LogP contribution < -0.4 is 10.3 Å². The van der Waals surface area contributed by atoms with Gasteiger partial charge in [-0.15, -0.1) is 0 Å². The first-order valence-corrected chi connectivity index (χ1v) is 9.64. The molecule has 0 aliphatic rings. The largest absolute Gasteiger partial charge is 0.327 e. The number of likely N-dealkylation sites (N-methyl/N-ethyl adjacent to an activating group) is 1. The molecule has 140 valence electrons. The number of hydrogen-bond donors (Lipinski definition) is 1. The normalized spacial score (nSPS) is 10.7. The second-order valence-electron chi connectivity index (χ2n) is 6.03. The molecule has 0 radical (unpaired) electrons. The van der Waals surface area contributed by atoms with Crippen LogP contribution in [0.2, 0.25) is 0 Å². The maximum atomic E-state index is 12.7.